The van der Waals surface area contributed by atoms with Crippen LogP contribution < -0.4 is 10.6 Å². The van der Waals surface area contributed by atoms with Gasteiger partial charge in [-0.3, -0.25) is 4.79 Å². The summed E-state index contributed by atoms with van der Waals surface area (Å²) in [6.45, 7) is 3.34. The number of amides is 1. The van der Waals surface area contributed by atoms with E-state index in [-0.39, 0.29) is 5.91 Å². The summed E-state index contributed by atoms with van der Waals surface area (Å²) in [4.78, 5) is 19.0. The van der Waals surface area contributed by atoms with Crippen molar-refractivity contribution in [2.24, 2.45) is 0 Å². The summed E-state index contributed by atoms with van der Waals surface area (Å²) in [6.07, 6.45) is 6.60. The van der Waals surface area contributed by atoms with Crippen molar-refractivity contribution in [1.29, 1.82) is 0 Å². The summed E-state index contributed by atoms with van der Waals surface area (Å²) in [5.74, 6) is 0.844. The molecule has 16 heavy (non-hydrogen) atoms. The van der Waals surface area contributed by atoms with Gasteiger partial charge in [0.25, 0.3) is 0 Å². The first kappa shape index (κ1) is 11.1. The Kier molecular flexibility index (Phi) is 3.24. The summed E-state index contributed by atoms with van der Waals surface area (Å²) in [7, 11) is 0. The molecule has 0 spiro atoms. The zero-order chi connectivity index (χ0) is 11.4. The lowest BCUT2D eigenvalue weighted by Gasteiger charge is -2.33. The molecule has 1 aromatic rings. The maximum absolute atomic E-state index is 12.0. The molecule has 3 N–H and O–H groups in total. The lowest BCUT2D eigenvalue weighted by Crippen LogP contribution is -2.56. The van der Waals surface area contributed by atoms with E-state index in [1.165, 1.54) is 0 Å². The fourth-order valence-electron chi connectivity index (χ4n) is 2.00. The number of nitrogens with one attached hydrogen (secondary N) is 3. The lowest BCUT2D eigenvalue weighted by molar-refractivity contribution is -0.128. The minimum absolute atomic E-state index is 0.0589. The molecule has 1 fully saturated rings. The number of hydrogen-bond acceptors (Lipinski definition) is 3. The molecule has 1 aliphatic heterocycles. The molecule has 1 atom stereocenters. The van der Waals surface area contributed by atoms with E-state index in [0.717, 1.165) is 31.6 Å². The maximum atomic E-state index is 12.0. The fraction of sp³-hybridized carbons (Fsp3) is 0.636. The third-order valence-electron chi connectivity index (χ3n) is 3.09. The van der Waals surface area contributed by atoms with Crippen molar-refractivity contribution in [3.05, 3.63) is 18.2 Å². The molecular formula is C11H18N4O. The smallest absolute Gasteiger partial charge is 0.240 e. The average molecular weight is 222 g/mol. The standard InChI is InChI=1S/C11H18N4O/c1-11(4-2-3-5-15-11)10(16)14-8-9-12-6-7-13-9/h6-7,15H,2-5,8H2,1H3,(H,12,13)(H,14,16). The van der Waals surface area contributed by atoms with E-state index in [1.54, 1.807) is 12.4 Å². The van der Waals surface area contributed by atoms with Crippen molar-refractivity contribution in [3.8, 4) is 0 Å². The molecule has 1 saturated heterocycles. The van der Waals surface area contributed by atoms with Gasteiger partial charge >= 0.3 is 0 Å². The monoisotopic (exact) mass is 222 g/mol. The van der Waals surface area contributed by atoms with Gasteiger partial charge in [0, 0.05) is 12.4 Å². The molecule has 0 saturated carbocycles. The van der Waals surface area contributed by atoms with Crippen LogP contribution in [0.3, 0.4) is 0 Å². The largest absolute Gasteiger partial charge is 0.347 e. The normalized spacial score (nSPS) is 25.3. The molecule has 0 radical (unpaired) electrons. The van der Waals surface area contributed by atoms with E-state index in [9.17, 15) is 4.79 Å². The van der Waals surface area contributed by atoms with Gasteiger partial charge in [-0.2, -0.15) is 0 Å². The van der Waals surface area contributed by atoms with E-state index in [2.05, 4.69) is 20.6 Å². The van der Waals surface area contributed by atoms with Gasteiger partial charge in [0.15, 0.2) is 0 Å². The van der Waals surface area contributed by atoms with Crippen LogP contribution in [-0.2, 0) is 11.3 Å². The average Bonchev–Trinajstić information content (AvgIpc) is 2.79. The highest BCUT2D eigenvalue weighted by molar-refractivity contribution is 5.85. The first-order valence-corrected chi connectivity index (χ1v) is 5.72. The molecule has 1 unspecified atom stereocenters. The minimum atomic E-state index is -0.412. The van der Waals surface area contributed by atoms with Gasteiger partial charge in [-0.25, -0.2) is 4.98 Å². The number of carbonyl (C=O) groups is 1. The van der Waals surface area contributed by atoms with Gasteiger partial charge < -0.3 is 15.6 Å². The second-order valence-corrected chi connectivity index (χ2v) is 4.43. The molecule has 2 rings (SSSR count). The van der Waals surface area contributed by atoms with Crippen molar-refractivity contribution in [2.45, 2.75) is 38.3 Å². The Morgan fingerprint density at radius 3 is 3.12 bits per heavy atom. The maximum Gasteiger partial charge on any atom is 0.240 e. The van der Waals surface area contributed by atoms with Crippen LogP contribution in [0.25, 0.3) is 0 Å². The van der Waals surface area contributed by atoms with Crippen molar-refractivity contribution >= 4 is 5.91 Å². The highest BCUT2D eigenvalue weighted by Crippen LogP contribution is 2.18. The number of piperidine rings is 1. The van der Waals surface area contributed by atoms with Crippen LogP contribution in [0.4, 0.5) is 0 Å². The first-order valence-electron chi connectivity index (χ1n) is 5.72. The van der Waals surface area contributed by atoms with Crippen molar-refractivity contribution in [3.63, 3.8) is 0 Å². The highest BCUT2D eigenvalue weighted by atomic mass is 16.2. The quantitative estimate of drug-likeness (QED) is 0.700. The molecule has 1 amide bonds. The van der Waals surface area contributed by atoms with Crippen LogP contribution in [0, 0.1) is 0 Å². The number of nitrogens with zero attached hydrogens (tertiary/aromatic N) is 1. The van der Waals surface area contributed by atoms with Crippen LogP contribution in [0.2, 0.25) is 0 Å². The van der Waals surface area contributed by atoms with Gasteiger partial charge in [-0.05, 0) is 32.7 Å². The fourth-order valence-corrected chi connectivity index (χ4v) is 2.00. The van der Waals surface area contributed by atoms with Gasteiger partial charge in [0.1, 0.15) is 5.82 Å². The summed E-state index contributed by atoms with van der Waals surface area (Å²) in [5.41, 5.74) is -0.412. The summed E-state index contributed by atoms with van der Waals surface area (Å²) in [5, 5.41) is 6.18. The van der Waals surface area contributed by atoms with Crippen LogP contribution in [0.1, 0.15) is 32.0 Å². The number of hydrogen-bond donors (Lipinski definition) is 3. The summed E-state index contributed by atoms with van der Waals surface area (Å²) >= 11 is 0. The SMILES string of the molecule is CC1(C(=O)NCc2ncc[nH]2)CCCCN1. The number of imidazole rings is 1. The zero-order valence-corrected chi connectivity index (χ0v) is 9.55. The summed E-state index contributed by atoms with van der Waals surface area (Å²) in [6, 6.07) is 0. The third kappa shape index (κ3) is 2.41. The van der Waals surface area contributed by atoms with Crippen LogP contribution in [0.5, 0.6) is 0 Å². The van der Waals surface area contributed by atoms with Crippen molar-refractivity contribution in [2.75, 3.05) is 6.54 Å². The van der Waals surface area contributed by atoms with E-state index in [0.29, 0.717) is 6.54 Å². The second-order valence-electron chi connectivity index (χ2n) is 4.43. The Balaban J connectivity index is 1.87. The number of carbonyl (C=O) groups excluding carboxylic acids is 1. The molecular weight excluding hydrogens is 204 g/mol. The predicted molar refractivity (Wildman–Crippen MR) is 60.7 cm³/mol. The Morgan fingerprint density at radius 1 is 1.62 bits per heavy atom. The second kappa shape index (κ2) is 4.65. The summed E-state index contributed by atoms with van der Waals surface area (Å²) < 4.78 is 0. The molecule has 5 nitrogen and oxygen atoms in total. The van der Waals surface area contributed by atoms with Crippen LogP contribution in [-0.4, -0.2) is 28.0 Å². The highest BCUT2D eigenvalue weighted by Gasteiger charge is 2.33. The van der Waals surface area contributed by atoms with Crippen LogP contribution in [0.15, 0.2) is 12.4 Å². The van der Waals surface area contributed by atoms with Crippen molar-refractivity contribution in [1.82, 2.24) is 20.6 Å². The molecule has 0 aromatic carbocycles. The Hall–Kier alpha value is -1.36. The molecule has 1 aromatic heterocycles. The Morgan fingerprint density at radius 2 is 2.50 bits per heavy atom. The predicted octanol–water partition coefficient (Wildman–Crippen LogP) is 0.558. The van der Waals surface area contributed by atoms with Gasteiger partial charge in [0.05, 0.1) is 12.1 Å². The Bertz CT molecular complexity index is 341. The molecule has 88 valence electrons. The number of aromatic amines is 1. The lowest BCUT2D eigenvalue weighted by atomic mass is 9.90. The van der Waals surface area contributed by atoms with E-state index in [1.807, 2.05) is 6.92 Å². The van der Waals surface area contributed by atoms with Crippen LogP contribution >= 0.6 is 0 Å². The number of H-pyrrole nitrogens is 1. The molecule has 0 bridgehead atoms. The Labute approximate surface area is 95.0 Å². The van der Waals surface area contributed by atoms with E-state index in [4.69, 9.17) is 0 Å². The molecule has 2 heterocycles. The topological polar surface area (TPSA) is 69.8 Å². The molecule has 5 heteroatoms. The molecule has 0 aliphatic carbocycles. The van der Waals surface area contributed by atoms with E-state index >= 15 is 0 Å². The van der Waals surface area contributed by atoms with E-state index < -0.39 is 5.54 Å². The van der Waals surface area contributed by atoms with Gasteiger partial charge in [0.2, 0.25) is 5.91 Å². The number of aromatic nitrogens is 2. The number of rotatable bonds is 3. The molecule has 1 aliphatic rings. The zero-order valence-electron chi connectivity index (χ0n) is 9.55. The first-order chi connectivity index (χ1) is 7.71. The third-order valence-corrected chi connectivity index (χ3v) is 3.09. The van der Waals surface area contributed by atoms with Crippen molar-refractivity contribution < 1.29 is 4.79 Å². The minimum Gasteiger partial charge on any atom is -0.347 e. The van der Waals surface area contributed by atoms with Gasteiger partial charge in [-0.1, -0.05) is 0 Å². The van der Waals surface area contributed by atoms with Gasteiger partial charge in [-0.15, -0.1) is 0 Å².